The number of aliphatic carboxylic acids is 1. The number of hydrogen-bond donors (Lipinski definition) is 1. The van der Waals surface area contributed by atoms with Crippen molar-refractivity contribution in [2.75, 3.05) is 6.61 Å². The van der Waals surface area contributed by atoms with Crippen LogP contribution in [0.2, 0.25) is 0 Å². The second-order valence-corrected chi connectivity index (χ2v) is 9.30. The Bertz CT molecular complexity index is 1100. The Balaban J connectivity index is 1.72. The first-order valence-electron chi connectivity index (χ1n) is 10.5. The number of nitrogens with zero attached hydrogens (tertiary/aromatic N) is 1. The van der Waals surface area contributed by atoms with E-state index in [4.69, 9.17) is 9.72 Å². The zero-order valence-electron chi connectivity index (χ0n) is 16.7. The van der Waals surface area contributed by atoms with Crippen LogP contribution in [0.1, 0.15) is 59.7 Å². The lowest BCUT2D eigenvalue weighted by molar-refractivity contribution is -0.136. The average molecular weight is 408 g/mol. The third-order valence-electron chi connectivity index (χ3n) is 6.26. The first-order valence-corrected chi connectivity index (χ1v) is 11.3. The van der Waals surface area contributed by atoms with E-state index in [1.165, 1.54) is 36.3 Å². The normalized spacial score (nSPS) is 16.7. The van der Waals surface area contributed by atoms with E-state index in [-0.39, 0.29) is 6.42 Å². The first-order chi connectivity index (χ1) is 14.1. The minimum absolute atomic E-state index is 0.0291. The molecular formula is C24H25NO3S. The van der Waals surface area contributed by atoms with Crippen LogP contribution in [0, 0.1) is 6.92 Å². The van der Waals surface area contributed by atoms with Gasteiger partial charge in [0.25, 0.3) is 0 Å². The number of thiazole rings is 1. The standard InChI is InChI=1S/C24H25NO3S/c1-14-11-19-23(29-24(25-19)15-5-2-3-6-15)22(18(14)13-21(26)27)17-8-9-20-16(12-17)7-4-10-28-20/h8-9,11-12,15H,2-7,10,13H2,1H3,(H,26,27). The monoisotopic (exact) mass is 407 g/mol. The number of carboxylic acid groups (broad SMARTS) is 1. The van der Waals surface area contributed by atoms with Gasteiger partial charge in [0.15, 0.2) is 0 Å². The largest absolute Gasteiger partial charge is 0.493 e. The molecule has 29 heavy (non-hydrogen) atoms. The maximum atomic E-state index is 11.7. The fourth-order valence-corrected chi connectivity index (χ4v) is 6.11. The number of aryl methyl sites for hydroxylation is 2. The Morgan fingerprint density at radius 2 is 2.07 bits per heavy atom. The number of hydrogen-bond acceptors (Lipinski definition) is 4. The van der Waals surface area contributed by atoms with Crippen molar-refractivity contribution in [1.29, 1.82) is 0 Å². The predicted octanol–water partition coefficient (Wildman–Crippen LogP) is 5.88. The average Bonchev–Trinajstić information content (AvgIpc) is 3.37. The molecule has 0 radical (unpaired) electrons. The summed E-state index contributed by atoms with van der Waals surface area (Å²) in [5, 5.41) is 10.8. The van der Waals surface area contributed by atoms with E-state index in [2.05, 4.69) is 18.2 Å². The van der Waals surface area contributed by atoms with E-state index in [0.29, 0.717) is 5.92 Å². The molecule has 0 atom stereocenters. The molecule has 1 fully saturated rings. The van der Waals surface area contributed by atoms with E-state index in [1.54, 1.807) is 11.3 Å². The predicted molar refractivity (Wildman–Crippen MR) is 116 cm³/mol. The summed E-state index contributed by atoms with van der Waals surface area (Å²) in [6.45, 7) is 2.78. The van der Waals surface area contributed by atoms with Crippen molar-refractivity contribution >= 4 is 27.5 Å². The van der Waals surface area contributed by atoms with Gasteiger partial charge in [0.2, 0.25) is 0 Å². The van der Waals surface area contributed by atoms with Gasteiger partial charge in [0.1, 0.15) is 5.75 Å². The molecule has 5 rings (SSSR count). The zero-order chi connectivity index (χ0) is 20.0. The molecule has 150 valence electrons. The first kappa shape index (κ1) is 18.6. The third-order valence-corrected chi connectivity index (χ3v) is 7.51. The van der Waals surface area contributed by atoms with Crippen LogP contribution in [0.15, 0.2) is 24.3 Å². The van der Waals surface area contributed by atoms with Crippen molar-refractivity contribution in [2.45, 2.75) is 57.8 Å². The lowest BCUT2D eigenvalue weighted by Crippen LogP contribution is -2.08. The molecule has 3 aromatic rings. The van der Waals surface area contributed by atoms with Crippen LogP contribution >= 0.6 is 11.3 Å². The van der Waals surface area contributed by atoms with Crippen molar-refractivity contribution in [2.24, 2.45) is 0 Å². The van der Waals surface area contributed by atoms with Crippen LogP contribution in [0.4, 0.5) is 0 Å². The lowest BCUT2D eigenvalue weighted by atomic mass is 9.91. The molecule has 5 heteroatoms. The molecule has 2 aliphatic rings. The summed E-state index contributed by atoms with van der Waals surface area (Å²) >= 11 is 1.77. The highest BCUT2D eigenvalue weighted by Gasteiger charge is 2.24. The van der Waals surface area contributed by atoms with Gasteiger partial charge in [-0.05, 0) is 73.1 Å². The van der Waals surface area contributed by atoms with Crippen molar-refractivity contribution in [3.8, 4) is 16.9 Å². The summed E-state index contributed by atoms with van der Waals surface area (Å²) in [5.41, 5.74) is 6.27. The minimum Gasteiger partial charge on any atom is -0.493 e. The fraction of sp³-hybridized carbons (Fsp3) is 0.417. The molecule has 2 heterocycles. The van der Waals surface area contributed by atoms with Crippen molar-refractivity contribution in [3.63, 3.8) is 0 Å². The van der Waals surface area contributed by atoms with Gasteiger partial charge in [-0.2, -0.15) is 0 Å². The van der Waals surface area contributed by atoms with Gasteiger partial charge in [-0.3, -0.25) is 4.79 Å². The van der Waals surface area contributed by atoms with Crippen molar-refractivity contribution in [1.82, 2.24) is 4.98 Å². The van der Waals surface area contributed by atoms with Crippen LogP contribution in [-0.2, 0) is 17.6 Å². The highest BCUT2D eigenvalue weighted by Crippen LogP contribution is 2.44. The van der Waals surface area contributed by atoms with Gasteiger partial charge in [-0.1, -0.05) is 18.9 Å². The summed E-state index contributed by atoms with van der Waals surface area (Å²) in [6, 6.07) is 8.40. The van der Waals surface area contributed by atoms with Gasteiger partial charge < -0.3 is 9.84 Å². The number of benzene rings is 2. The number of rotatable bonds is 4. The van der Waals surface area contributed by atoms with Gasteiger partial charge in [-0.25, -0.2) is 4.98 Å². The third kappa shape index (κ3) is 3.42. The zero-order valence-corrected chi connectivity index (χ0v) is 17.5. The summed E-state index contributed by atoms with van der Waals surface area (Å²) in [6.07, 6.45) is 7.04. The molecule has 1 saturated carbocycles. The van der Waals surface area contributed by atoms with Crippen LogP contribution < -0.4 is 4.74 Å². The summed E-state index contributed by atoms with van der Waals surface area (Å²) < 4.78 is 6.92. The molecule has 0 bridgehead atoms. The molecule has 2 aromatic carbocycles. The number of carboxylic acids is 1. The van der Waals surface area contributed by atoms with Gasteiger partial charge >= 0.3 is 5.97 Å². The molecule has 0 amide bonds. The molecule has 0 unspecified atom stereocenters. The van der Waals surface area contributed by atoms with E-state index < -0.39 is 5.97 Å². The highest BCUT2D eigenvalue weighted by molar-refractivity contribution is 7.19. The molecule has 1 aliphatic carbocycles. The molecule has 1 aliphatic heterocycles. The van der Waals surface area contributed by atoms with Crippen molar-refractivity contribution in [3.05, 3.63) is 46.0 Å². The molecule has 1 aromatic heterocycles. The Morgan fingerprint density at radius 3 is 2.86 bits per heavy atom. The number of fused-ring (bicyclic) bond motifs is 2. The second kappa shape index (κ2) is 7.45. The van der Waals surface area contributed by atoms with E-state index in [0.717, 1.165) is 57.7 Å². The summed E-state index contributed by atoms with van der Waals surface area (Å²) in [4.78, 5) is 16.7. The van der Waals surface area contributed by atoms with Crippen molar-refractivity contribution < 1.29 is 14.6 Å². The second-order valence-electron chi connectivity index (χ2n) is 8.27. The lowest BCUT2D eigenvalue weighted by Gasteiger charge is -2.19. The van der Waals surface area contributed by atoms with Crippen LogP contribution in [0.5, 0.6) is 5.75 Å². The van der Waals surface area contributed by atoms with Gasteiger partial charge in [0, 0.05) is 11.5 Å². The smallest absolute Gasteiger partial charge is 0.307 e. The summed E-state index contributed by atoms with van der Waals surface area (Å²) in [5.74, 6) is 0.718. The number of carbonyl (C=O) groups is 1. The maximum Gasteiger partial charge on any atom is 0.307 e. The van der Waals surface area contributed by atoms with Gasteiger partial charge in [0.05, 0.1) is 28.3 Å². The molecule has 0 spiro atoms. The van der Waals surface area contributed by atoms with Gasteiger partial charge in [-0.15, -0.1) is 11.3 Å². The summed E-state index contributed by atoms with van der Waals surface area (Å²) in [7, 11) is 0. The Morgan fingerprint density at radius 1 is 1.24 bits per heavy atom. The van der Waals surface area contributed by atoms with E-state index in [9.17, 15) is 9.90 Å². The van der Waals surface area contributed by atoms with E-state index in [1.807, 2.05) is 13.0 Å². The topological polar surface area (TPSA) is 59.4 Å². The van der Waals surface area contributed by atoms with Crippen LogP contribution in [0.25, 0.3) is 21.3 Å². The SMILES string of the molecule is Cc1cc2nc(C3CCCC3)sc2c(-c2ccc3c(c2)CCCO3)c1CC(=O)O. The Hall–Kier alpha value is -2.40. The van der Waals surface area contributed by atoms with E-state index >= 15 is 0 Å². The fourth-order valence-electron chi connectivity index (χ4n) is 4.80. The molecule has 4 nitrogen and oxygen atoms in total. The number of aromatic nitrogens is 1. The highest BCUT2D eigenvalue weighted by atomic mass is 32.1. The number of ether oxygens (including phenoxy) is 1. The quantitative estimate of drug-likeness (QED) is 0.586. The van der Waals surface area contributed by atoms with Crippen LogP contribution in [0.3, 0.4) is 0 Å². The minimum atomic E-state index is -0.796. The maximum absolute atomic E-state index is 11.7. The van der Waals surface area contributed by atoms with Crippen LogP contribution in [-0.4, -0.2) is 22.7 Å². The Labute approximate surface area is 174 Å². The Kier molecular flexibility index (Phi) is 4.78. The molecule has 1 N–H and O–H groups in total. The molecule has 0 saturated heterocycles. The molecular weight excluding hydrogens is 382 g/mol.